The van der Waals surface area contributed by atoms with Crippen LogP contribution >= 0.6 is 11.3 Å². The molecule has 112 valence electrons. The number of ketones is 1. The van der Waals surface area contributed by atoms with E-state index in [4.69, 9.17) is 9.63 Å². The molecule has 0 spiro atoms. The smallest absolute Gasteiger partial charge is 0.356 e. The molecule has 0 aliphatic heterocycles. The third kappa shape index (κ3) is 2.94. The molecule has 0 bridgehead atoms. The van der Waals surface area contributed by atoms with Crippen LogP contribution in [0.5, 0.6) is 0 Å². The Labute approximate surface area is 125 Å². The van der Waals surface area contributed by atoms with Crippen molar-refractivity contribution in [1.82, 2.24) is 10.1 Å². The van der Waals surface area contributed by atoms with E-state index in [0.717, 1.165) is 22.6 Å². The van der Waals surface area contributed by atoms with Crippen molar-refractivity contribution in [2.24, 2.45) is 0 Å². The van der Waals surface area contributed by atoms with E-state index in [2.05, 4.69) is 15.5 Å². The van der Waals surface area contributed by atoms with Crippen molar-refractivity contribution in [2.75, 3.05) is 5.32 Å². The Morgan fingerprint density at radius 1 is 1.38 bits per heavy atom. The standard InChI is InChI=1S/C13H15N3O4S/c1-5(9-6(2)16-20-8(9)4)14-13-15-10(12(18)19)11(21-13)7(3)17/h5H,1-4H3,(H,14,15)(H,18,19). The van der Waals surface area contributed by atoms with Gasteiger partial charge in [0, 0.05) is 12.5 Å². The van der Waals surface area contributed by atoms with Gasteiger partial charge in [-0.15, -0.1) is 0 Å². The Morgan fingerprint density at radius 3 is 2.48 bits per heavy atom. The summed E-state index contributed by atoms with van der Waals surface area (Å²) in [6.07, 6.45) is 0. The van der Waals surface area contributed by atoms with Gasteiger partial charge in [-0.3, -0.25) is 4.79 Å². The molecule has 1 atom stereocenters. The monoisotopic (exact) mass is 309 g/mol. The second-order valence-electron chi connectivity index (χ2n) is 4.66. The number of aromatic carboxylic acids is 1. The zero-order valence-electron chi connectivity index (χ0n) is 12.1. The molecular formula is C13H15N3O4S. The summed E-state index contributed by atoms with van der Waals surface area (Å²) in [6, 6.07) is -0.163. The Morgan fingerprint density at radius 2 is 2.05 bits per heavy atom. The average Bonchev–Trinajstić information content (AvgIpc) is 2.93. The van der Waals surface area contributed by atoms with Crippen molar-refractivity contribution in [2.45, 2.75) is 33.7 Å². The number of hydrogen-bond acceptors (Lipinski definition) is 7. The molecule has 2 N–H and O–H groups in total. The molecule has 8 heteroatoms. The van der Waals surface area contributed by atoms with E-state index < -0.39 is 5.97 Å². The van der Waals surface area contributed by atoms with Gasteiger partial charge in [0.2, 0.25) is 0 Å². The van der Waals surface area contributed by atoms with Crippen LogP contribution in [-0.4, -0.2) is 27.0 Å². The van der Waals surface area contributed by atoms with Crippen LogP contribution in [0.1, 0.15) is 57.1 Å². The van der Waals surface area contributed by atoms with Crippen molar-refractivity contribution in [1.29, 1.82) is 0 Å². The second-order valence-corrected chi connectivity index (χ2v) is 5.66. The van der Waals surface area contributed by atoms with Gasteiger partial charge >= 0.3 is 5.97 Å². The topological polar surface area (TPSA) is 105 Å². The zero-order chi connectivity index (χ0) is 15.7. The van der Waals surface area contributed by atoms with Crippen LogP contribution in [-0.2, 0) is 0 Å². The molecule has 0 saturated heterocycles. The molecule has 2 rings (SSSR count). The number of anilines is 1. The van der Waals surface area contributed by atoms with Gasteiger partial charge in [0.25, 0.3) is 0 Å². The summed E-state index contributed by atoms with van der Waals surface area (Å²) in [5.74, 6) is -0.841. The predicted molar refractivity (Wildman–Crippen MR) is 77.1 cm³/mol. The van der Waals surface area contributed by atoms with Gasteiger partial charge in [0.05, 0.1) is 11.7 Å². The van der Waals surface area contributed by atoms with Crippen molar-refractivity contribution >= 4 is 28.2 Å². The maximum atomic E-state index is 11.5. The van der Waals surface area contributed by atoms with Crippen LogP contribution in [0.4, 0.5) is 5.13 Å². The zero-order valence-corrected chi connectivity index (χ0v) is 12.9. The molecule has 0 aromatic carbocycles. The number of nitrogens with zero attached hydrogens (tertiary/aromatic N) is 2. The SMILES string of the molecule is CC(=O)c1sc(NC(C)c2c(C)noc2C)nc1C(=O)O. The molecule has 2 aromatic heterocycles. The molecule has 0 amide bonds. The van der Waals surface area contributed by atoms with Gasteiger partial charge in [-0.1, -0.05) is 16.5 Å². The first-order chi connectivity index (χ1) is 9.81. The molecule has 0 saturated carbocycles. The highest BCUT2D eigenvalue weighted by Crippen LogP contribution is 2.29. The summed E-state index contributed by atoms with van der Waals surface area (Å²) in [4.78, 5) is 26.7. The van der Waals surface area contributed by atoms with E-state index in [1.807, 2.05) is 13.8 Å². The highest BCUT2D eigenvalue weighted by Gasteiger charge is 2.23. The van der Waals surface area contributed by atoms with E-state index >= 15 is 0 Å². The number of carbonyl (C=O) groups excluding carboxylic acids is 1. The maximum absolute atomic E-state index is 11.5. The molecule has 0 fully saturated rings. The third-order valence-corrected chi connectivity index (χ3v) is 4.10. The Kier molecular flexibility index (Phi) is 4.08. The normalized spacial score (nSPS) is 12.2. The van der Waals surface area contributed by atoms with Gasteiger partial charge in [-0.2, -0.15) is 0 Å². The van der Waals surface area contributed by atoms with E-state index in [9.17, 15) is 9.59 Å². The summed E-state index contributed by atoms with van der Waals surface area (Å²) >= 11 is 1.03. The van der Waals surface area contributed by atoms with Gasteiger partial charge < -0.3 is 14.9 Å². The number of Topliss-reactive ketones (excluding diaryl/α,β-unsaturated/α-hetero) is 1. The number of nitrogens with one attached hydrogen (secondary N) is 1. The lowest BCUT2D eigenvalue weighted by Crippen LogP contribution is -2.08. The lowest BCUT2D eigenvalue weighted by atomic mass is 10.1. The largest absolute Gasteiger partial charge is 0.476 e. The lowest BCUT2D eigenvalue weighted by Gasteiger charge is -2.12. The van der Waals surface area contributed by atoms with Crippen molar-refractivity contribution in [3.05, 3.63) is 27.6 Å². The minimum absolute atomic E-state index is 0.135. The summed E-state index contributed by atoms with van der Waals surface area (Å²) in [5, 5.41) is 16.4. The van der Waals surface area contributed by atoms with E-state index in [0.29, 0.717) is 10.9 Å². The minimum Gasteiger partial charge on any atom is -0.476 e. The van der Waals surface area contributed by atoms with Crippen LogP contribution in [0.15, 0.2) is 4.52 Å². The minimum atomic E-state index is -1.21. The van der Waals surface area contributed by atoms with Crippen molar-refractivity contribution < 1.29 is 19.2 Å². The van der Waals surface area contributed by atoms with Gasteiger partial charge in [0.15, 0.2) is 16.6 Å². The van der Waals surface area contributed by atoms with Crippen LogP contribution < -0.4 is 5.32 Å². The molecular weight excluding hydrogens is 294 g/mol. The van der Waals surface area contributed by atoms with Gasteiger partial charge in [-0.25, -0.2) is 9.78 Å². The summed E-state index contributed by atoms with van der Waals surface area (Å²) in [7, 11) is 0. The summed E-state index contributed by atoms with van der Waals surface area (Å²) in [5.41, 5.74) is 1.43. The number of carboxylic acid groups (broad SMARTS) is 1. The average molecular weight is 309 g/mol. The first-order valence-electron chi connectivity index (χ1n) is 6.25. The fourth-order valence-electron chi connectivity index (χ4n) is 2.13. The summed E-state index contributed by atoms with van der Waals surface area (Å²) in [6.45, 7) is 6.85. The number of thiazole rings is 1. The van der Waals surface area contributed by atoms with Crippen LogP contribution in [0.3, 0.4) is 0 Å². The Balaban J connectivity index is 2.30. The maximum Gasteiger partial charge on any atom is 0.356 e. The highest BCUT2D eigenvalue weighted by atomic mass is 32.1. The fraction of sp³-hybridized carbons (Fsp3) is 0.385. The van der Waals surface area contributed by atoms with Crippen LogP contribution in [0.2, 0.25) is 0 Å². The van der Waals surface area contributed by atoms with Crippen molar-refractivity contribution in [3.63, 3.8) is 0 Å². The third-order valence-electron chi connectivity index (χ3n) is 3.01. The van der Waals surface area contributed by atoms with E-state index in [1.54, 1.807) is 6.92 Å². The lowest BCUT2D eigenvalue weighted by molar-refractivity contribution is 0.0687. The van der Waals surface area contributed by atoms with Gasteiger partial charge in [0.1, 0.15) is 10.6 Å². The van der Waals surface area contributed by atoms with E-state index in [-0.39, 0.29) is 22.4 Å². The predicted octanol–water partition coefficient (Wildman–Crippen LogP) is 2.82. The molecule has 7 nitrogen and oxygen atoms in total. The molecule has 21 heavy (non-hydrogen) atoms. The molecule has 1 unspecified atom stereocenters. The van der Waals surface area contributed by atoms with Gasteiger partial charge in [-0.05, 0) is 20.8 Å². The number of carbonyl (C=O) groups is 2. The van der Waals surface area contributed by atoms with Crippen molar-refractivity contribution in [3.8, 4) is 0 Å². The number of rotatable bonds is 5. The number of aryl methyl sites for hydroxylation is 2. The quantitative estimate of drug-likeness (QED) is 0.818. The van der Waals surface area contributed by atoms with Crippen LogP contribution in [0, 0.1) is 13.8 Å². The van der Waals surface area contributed by atoms with Crippen LogP contribution in [0.25, 0.3) is 0 Å². The highest BCUT2D eigenvalue weighted by molar-refractivity contribution is 7.17. The molecule has 2 aromatic rings. The number of hydrogen-bond donors (Lipinski definition) is 2. The Bertz CT molecular complexity index is 653. The summed E-state index contributed by atoms with van der Waals surface area (Å²) < 4.78 is 5.10. The molecule has 0 radical (unpaired) electrons. The molecule has 0 aliphatic rings. The first-order valence-corrected chi connectivity index (χ1v) is 7.07. The second kappa shape index (κ2) is 5.65. The Hall–Kier alpha value is -2.22. The fourth-order valence-corrected chi connectivity index (χ4v) is 3.07. The molecule has 2 heterocycles. The van der Waals surface area contributed by atoms with E-state index in [1.165, 1.54) is 6.92 Å². The number of carboxylic acids is 1. The number of aromatic nitrogens is 2. The first kappa shape index (κ1) is 15.2. The molecule has 0 aliphatic carbocycles.